The zero-order valence-electron chi connectivity index (χ0n) is 15.5. The Morgan fingerprint density at radius 1 is 0.900 bits per heavy atom. The molecule has 0 radical (unpaired) electrons. The molecule has 0 fully saturated rings. The van der Waals surface area contributed by atoms with Crippen molar-refractivity contribution in [3.63, 3.8) is 0 Å². The minimum absolute atomic E-state index is 0.0879. The second-order valence-electron chi connectivity index (χ2n) is 6.63. The van der Waals surface area contributed by atoms with Gasteiger partial charge in [-0.05, 0) is 30.3 Å². The van der Waals surface area contributed by atoms with Crippen molar-refractivity contribution < 1.29 is 22.0 Å². The van der Waals surface area contributed by atoms with Gasteiger partial charge in [-0.3, -0.25) is 4.79 Å². The highest BCUT2D eigenvalue weighted by atomic mass is 32.2. The van der Waals surface area contributed by atoms with Crippen LogP contribution < -0.4 is 5.32 Å². The molecular weight excluding hydrogens is 410 g/mol. The number of para-hydroxylation sites is 1. The number of amides is 1. The summed E-state index contributed by atoms with van der Waals surface area (Å²) >= 11 is 0. The average molecular weight is 426 g/mol. The van der Waals surface area contributed by atoms with Crippen LogP contribution in [0.4, 0.5) is 14.5 Å². The van der Waals surface area contributed by atoms with Crippen LogP contribution in [0.15, 0.2) is 88.8 Å². The van der Waals surface area contributed by atoms with Crippen LogP contribution in [-0.2, 0) is 21.2 Å². The van der Waals surface area contributed by atoms with E-state index in [4.69, 9.17) is 0 Å². The van der Waals surface area contributed by atoms with Crippen molar-refractivity contribution in [3.8, 4) is 0 Å². The fourth-order valence-corrected chi connectivity index (χ4v) is 4.71. The highest BCUT2D eigenvalue weighted by Gasteiger charge is 2.23. The number of hydrogen-bond donors (Lipinski definition) is 1. The largest absolute Gasteiger partial charge is 0.337 e. The van der Waals surface area contributed by atoms with Gasteiger partial charge in [-0.1, -0.05) is 36.4 Å². The molecule has 0 bridgehead atoms. The van der Waals surface area contributed by atoms with Crippen molar-refractivity contribution in [3.05, 3.63) is 90.6 Å². The predicted molar refractivity (Wildman–Crippen MR) is 109 cm³/mol. The number of aromatic nitrogens is 1. The molecule has 1 heterocycles. The average Bonchev–Trinajstić information content (AvgIpc) is 3.11. The molecule has 30 heavy (non-hydrogen) atoms. The van der Waals surface area contributed by atoms with Crippen LogP contribution in [0.25, 0.3) is 10.9 Å². The van der Waals surface area contributed by atoms with Gasteiger partial charge in [0.05, 0.1) is 9.79 Å². The van der Waals surface area contributed by atoms with Crippen LogP contribution in [0.5, 0.6) is 0 Å². The van der Waals surface area contributed by atoms with Crippen molar-refractivity contribution in [2.45, 2.75) is 16.3 Å². The minimum atomic E-state index is -3.79. The number of sulfone groups is 1. The van der Waals surface area contributed by atoms with Gasteiger partial charge in [-0.2, -0.15) is 0 Å². The molecule has 0 aliphatic heterocycles. The number of nitrogens with one attached hydrogen (secondary N) is 1. The third-order valence-electron chi connectivity index (χ3n) is 4.61. The molecule has 0 aliphatic rings. The fourth-order valence-electron chi connectivity index (χ4n) is 3.21. The fraction of sp³-hybridized carbons (Fsp3) is 0.0455. The summed E-state index contributed by atoms with van der Waals surface area (Å²) in [7, 11) is -3.79. The number of carbonyl (C=O) groups excluding carboxylic acids is 1. The summed E-state index contributed by atoms with van der Waals surface area (Å²) in [5, 5.41) is 2.97. The van der Waals surface area contributed by atoms with E-state index in [-0.39, 0.29) is 22.0 Å². The SMILES string of the molecule is O=C(Cn1cc(S(=O)(=O)c2ccccc2)c2ccccc21)Nc1ccc(F)c(F)c1. The topological polar surface area (TPSA) is 68.2 Å². The first kappa shape index (κ1) is 19.8. The summed E-state index contributed by atoms with van der Waals surface area (Å²) in [6.07, 6.45) is 1.41. The molecule has 0 spiro atoms. The van der Waals surface area contributed by atoms with E-state index in [0.717, 1.165) is 12.1 Å². The highest BCUT2D eigenvalue weighted by molar-refractivity contribution is 7.91. The minimum Gasteiger partial charge on any atom is -0.337 e. The molecule has 0 unspecified atom stereocenters. The van der Waals surface area contributed by atoms with Crippen molar-refractivity contribution in [2.24, 2.45) is 0 Å². The van der Waals surface area contributed by atoms with Gasteiger partial charge in [0.25, 0.3) is 0 Å². The summed E-state index contributed by atoms with van der Waals surface area (Å²) in [5.74, 6) is -2.60. The standard InChI is InChI=1S/C22H16F2N2O3S/c23-18-11-10-15(12-19(18)24)25-22(27)14-26-13-21(17-8-4-5-9-20(17)26)30(28,29)16-6-2-1-3-7-16/h1-13H,14H2,(H,25,27). The van der Waals surface area contributed by atoms with Crippen LogP contribution in [-0.4, -0.2) is 18.9 Å². The number of anilines is 1. The maximum absolute atomic E-state index is 13.4. The van der Waals surface area contributed by atoms with E-state index in [1.807, 2.05) is 0 Å². The molecule has 0 aliphatic carbocycles. The van der Waals surface area contributed by atoms with E-state index in [1.165, 1.54) is 29.0 Å². The summed E-state index contributed by atoms with van der Waals surface area (Å²) in [4.78, 5) is 12.7. The smallest absolute Gasteiger partial charge is 0.244 e. The number of hydrogen-bond acceptors (Lipinski definition) is 3. The Labute approximate surface area is 171 Å². The van der Waals surface area contributed by atoms with Crippen molar-refractivity contribution >= 4 is 32.3 Å². The predicted octanol–water partition coefficient (Wildman–Crippen LogP) is 4.39. The third-order valence-corrected chi connectivity index (χ3v) is 6.41. The van der Waals surface area contributed by atoms with Gasteiger partial charge < -0.3 is 9.88 Å². The molecule has 1 aromatic heterocycles. The molecule has 3 aromatic carbocycles. The molecule has 0 atom stereocenters. The summed E-state index contributed by atoms with van der Waals surface area (Å²) < 4.78 is 54.2. The zero-order chi connectivity index (χ0) is 21.3. The summed E-state index contributed by atoms with van der Waals surface area (Å²) in [6.45, 7) is -0.205. The molecule has 0 saturated heterocycles. The number of fused-ring (bicyclic) bond motifs is 1. The second kappa shape index (κ2) is 7.72. The quantitative estimate of drug-likeness (QED) is 0.515. The van der Waals surface area contributed by atoms with E-state index >= 15 is 0 Å². The Kier molecular flexibility index (Phi) is 5.09. The molecule has 1 N–H and O–H groups in total. The first-order valence-electron chi connectivity index (χ1n) is 8.99. The lowest BCUT2D eigenvalue weighted by Gasteiger charge is -2.07. The lowest BCUT2D eigenvalue weighted by Crippen LogP contribution is -2.18. The molecule has 4 rings (SSSR count). The lowest BCUT2D eigenvalue weighted by atomic mass is 10.2. The number of rotatable bonds is 5. The van der Waals surface area contributed by atoms with E-state index in [0.29, 0.717) is 10.9 Å². The second-order valence-corrected chi connectivity index (χ2v) is 8.55. The van der Waals surface area contributed by atoms with Crippen LogP contribution in [0.3, 0.4) is 0 Å². The first-order chi connectivity index (χ1) is 14.4. The summed E-state index contributed by atoms with van der Waals surface area (Å²) in [5.41, 5.74) is 0.667. The Balaban J connectivity index is 1.69. The van der Waals surface area contributed by atoms with Crippen LogP contribution in [0.2, 0.25) is 0 Å². The van der Waals surface area contributed by atoms with Gasteiger partial charge in [0.15, 0.2) is 11.6 Å². The molecule has 152 valence electrons. The van der Waals surface area contributed by atoms with Crippen LogP contribution in [0, 0.1) is 11.6 Å². The van der Waals surface area contributed by atoms with Crippen molar-refractivity contribution in [1.29, 1.82) is 0 Å². The van der Waals surface area contributed by atoms with Gasteiger partial charge in [0, 0.05) is 28.9 Å². The van der Waals surface area contributed by atoms with Crippen molar-refractivity contribution in [2.75, 3.05) is 5.32 Å². The monoisotopic (exact) mass is 426 g/mol. The van der Waals surface area contributed by atoms with Gasteiger partial charge in [-0.25, -0.2) is 17.2 Å². The molecular formula is C22H16F2N2O3S. The Morgan fingerprint density at radius 3 is 2.33 bits per heavy atom. The van der Waals surface area contributed by atoms with Gasteiger partial charge in [-0.15, -0.1) is 0 Å². The zero-order valence-corrected chi connectivity index (χ0v) is 16.4. The van der Waals surface area contributed by atoms with E-state index < -0.39 is 27.4 Å². The van der Waals surface area contributed by atoms with Crippen LogP contribution in [0.1, 0.15) is 0 Å². The molecule has 5 nitrogen and oxygen atoms in total. The number of benzene rings is 3. The van der Waals surface area contributed by atoms with Gasteiger partial charge >= 0.3 is 0 Å². The first-order valence-corrected chi connectivity index (χ1v) is 10.5. The van der Waals surface area contributed by atoms with E-state index in [1.54, 1.807) is 42.5 Å². The van der Waals surface area contributed by atoms with Gasteiger partial charge in [0.1, 0.15) is 6.54 Å². The Bertz CT molecular complexity index is 1350. The maximum Gasteiger partial charge on any atom is 0.244 e. The molecule has 4 aromatic rings. The van der Waals surface area contributed by atoms with E-state index in [2.05, 4.69) is 5.32 Å². The molecule has 0 saturated carbocycles. The normalized spacial score (nSPS) is 11.5. The Morgan fingerprint density at radius 2 is 1.60 bits per heavy atom. The Hall–Kier alpha value is -3.52. The number of carbonyl (C=O) groups is 1. The number of nitrogens with zero attached hydrogens (tertiary/aromatic N) is 1. The lowest BCUT2D eigenvalue weighted by molar-refractivity contribution is -0.116. The highest BCUT2D eigenvalue weighted by Crippen LogP contribution is 2.30. The maximum atomic E-state index is 13.4. The number of halogens is 2. The van der Waals surface area contributed by atoms with Gasteiger partial charge in [0.2, 0.25) is 15.7 Å². The van der Waals surface area contributed by atoms with Crippen molar-refractivity contribution in [1.82, 2.24) is 4.57 Å². The van der Waals surface area contributed by atoms with E-state index in [9.17, 15) is 22.0 Å². The third kappa shape index (κ3) is 3.69. The summed E-state index contributed by atoms with van der Waals surface area (Å²) in [6, 6.07) is 17.9. The molecule has 8 heteroatoms. The molecule has 1 amide bonds. The van der Waals surface area contributed by atoms with Crippen LogP contribution >= 0.6 is 0 Å².